The molecule has 4 N–H and O–H groups in total. The van der Waals surface area contributed by atoms with Gasteiger partial charge < -0.3 is 5.73 Å². The lowest BCUT2D eigenvalue weighted by Gasteiger charge is -2.03. The van der Waals surface area contributed by atoms with Crippen LogP contribution >= 0.6 is 28.1 Å². The molecule has 0 aliphatic heterocycles. The van der Waals surface area contributed by atoms with Crippen LogP contribution in [0.25, 0.3) is 11.3 Å². The van der Waals surface area contributed by atoms with Crippen molar-refractivity contribution in [2.45, 2.75) is 0 Å². The molecule has 5 nitrogen and oxygen atoms in total. The van der Waals surface area contributed by atoms with Crippen LogP contribution in [-0.2, 0) is 0 Å². The molecule has 0 saturated carbocycles. The Hall–Kier alpha value is -1.47. The molecule has 1 heterocycles. The van der Waals surface area contributed by atoms with Crippen molar-refractivity contribution in [3.63, 3.8) is 0 Å². The van der Waals surface area contributed by atoms with Crippen molar-refractivity contribution in [3.8, 4) is 11.3 Å². The molecule has 2 aromatic rings. The second-order valence-electron chi connectivity index (χ2n) is 3.09. The molecule has 0 radical (unpaired) electrons. The first kappa shape index (κ1) is 11.0. The number of benzene rings is 1. The third kappa shape index (κ3) is 2.05. The second-order valence-corrected chi connectivity index (χ2v) is 4.36. The van der Waals surface area contributed by atoms with E-state index in [0.717, 1.165) is 4.47 Å². The van der Waals surface area contributed by atoms with Gasteiger partial charge in [0.05, 0.1) is 0 Å². The number of H-pyrrole nitrogens is 2. The van der Waals surface area contributed by atoms with Crippen molar-refractivity contribution in [3.05, 3.63) is 37.8 Å². The van der Waals surface area contributed by atoms with Gasteiger partial charge in [0.25, 0.3) is 5.56 Å². The van der Waals surface area contributed by atoms with Crippen LogP contribution in [0.2, 0.25) is 0 Å². The first-order valence-corrected chi connectivity index (χ1v) is 5.52. The van der Waals surface area contributed by atoms with E-state index < -0.39 is 0 Å². The Morgan fingerprint density at radius 2 is 2.19 bits per heavy atom. The zero-order valence-corrected chi connectivity index (χ0v) is 10.4. The summed E-state index contributed by atoms with van der Waals surface area (Å²) in [5, 5.41) is 6.43. The molecule has 82 valence electrons. The highest BCUT2D eigenvalue weighted by Gasteiger charge is 2.09. The molecule has 0 amide bonds. The lowest BCUT2D eigenvalue weighted by Crippen LogP contribution is -2.13. The predicted octanol–water partition coefficient (Wildman–Crippen LogP) is 1.84. The van der Waals surface area contributed by atoms with Crippen molar-refractivity contribution in [1.29, 1.82) is 0 Å². The van der Waals surface area contributed by atoms with E-state index in [0.29, 0.717) is 11.3 Å². The van der Waals surface area contributed by atoms with E-state index in [2.05, 4.69) is 31.1 Å². The van der Waals surface area contributed by atoms with Crippen LogP contribution in [-0.4, -0.2) is 15.2 Å². The monoisotopic (exact) mass is 298 g/mol. The average Bonchev–Trinajstić information content (AvgIpc) is 2.22. The quantitative estimate of drug-likeness (QED) is 0.554. The van der Waals surface area contributed by atoms with Crippen LogP contribution in [0.1, 0.15) is 0 Å². The summed E-state index contributed by atoms with van der Waals surface area (Å²) in [4.78, 5) is 14.1. The molecule has 1 aromatic heterocycles. The highest BCUT2D eigenvalue weighted by atomic mass is 79.9. The fourth-order valence-corrected chi connectivity index (χ4v) is 1.83. The fraction of sp³-hybridized carbons (Fsp3) is 0. The number of aromatic nitrogens is 3. The Bertz CT molecular complexity index is 648. The number of hydrogen-bond acceptors (Lipinski definition) is 4. The van der Waals surface area contributed by atoms with Gasteiger partial charge in [0.15, 0.2) is 10.5 Å². The minimum absolute atomic E-state index is 0.189. The van der Waals surface area contributed by atoms with Gasteiger partial charge in [-0.15, -0.1) is 0 Å². The molecule has 2 rings (SSSR count). The van der Waals surface area contributed by atoms with E-state index in [9.17, 15) is 4.79 Å². The molecule has 0 spiro atoms. The average molecular weight is 299 g/mol. The number of halogens is 1. The van der Waals surface area contributed by atoms with Gasteiger partial charge in [-0.3, -0.25) is 14.9 Å². The molecule has 1 aromatic carbocycles. The molecule has 0 aliphatic rings. The summed E-state index contributed by atoms with van der Waals surface area (Å²) in [6, 6.07) is 5.15. The molecule has 0 fully saturated rings. The zero-order valence-electron chi connectivity index (χ0n) is 7.95. The number of nitrogens with two attached hydrogens (primary N) is 1. The van der Waals surface area contributed by atoms with Gasteiger partial charge in [-0.05, 0) is 30.4 Å². The van der Waals surface area contributed by atoms with Gasteiger partial charge in [-0.1, -0.05) is 15.9 Å². The van der Waals surface area contributed by atoms with Crippen LogP contribution in [0.4, 0.5) is 5.69 Å². The van der Waals surface area contributed by atoms with Gasteiger partial charge in [0.1, 0.15) is 0 Å². The Morgan fingerprint density at radius 3 is 2.88 bits per heavy atom. The lowest BCUT2D eigenvalue weighted by molar-refractivity contribution is 0.931. The van der Waals surface area contributed by atoms with Crippen molar-refractivity contribution in [2.75, 3.05) is 5.73 Å². The summed E-state index contributed by atoms with van der Waals surface area (Å²) in [6.07, 6.45) is 0. The SMILES string of the molecule is Nc1ccc(Br)c(-c2n[nH]c(=S)[nH]c2=O)c1. The van der Waals surface area contributed by atoms with Gasteiger partial charge in [0.2, 0.25) is 0 Å². The number of anilines is 1. The van der Waals surface area contributed by atoms with Gasteiger partial charge in [-0.2, -0.15) is 5.10 Å². The summed E-state index contributed by atoms with van der Waals surface area (Å²) < 4.78 is 0.930. The summed E-state index contributed by atoms with van der Waals surface area (Å²) in [5.74, 6) is 0. The van der Waals surface area contributed by atoms with Crippen molar-refractivity contribution in [1.82, 2.24) is 15.2 Å². The van der Waals surface area contributed by atoms with E-state index in [1.54, 1.807) is 18.2 Å². The normalized spacial score (nSPS) is 10.3. The Morgan fingerprint density at radius 1 is 1.44 bits per heavy atom. The number of hydrogen-bond donors (Lipinski definition) is 3. The molecular weight excluding hydrogens is 292 g/mol. The first-order valence-electron chi connectivity index (χ1n) is 4.32. The number of nitrogen functional groups attached to an aromatic ring is 1. The smallest absolute Gasteiger partial charge is 0.278 e. The molecule has 16 heavy (non-hydrogen) atoms. The molecule has 0 saturated heterocycles. The van der Waals surface area contributed by atoms with Crippen LogP contribution in [0.3, 0.4) is 0 Å². The summed E-state index contributed by atoms with van der Waals surface area (Å²) in [5.41, 5.74) is 6.72. The van der Waals surface area contributed by atoms with E-state index >= 15 is 0 Å². The summed E-state index contributed by atoms with van der Waals surface area (Å²) >= 11 is 8.09. The predicted molar refractivity (Wildman–Crippen MR) is 67.6 cm³/mol. The molecule has 0 aliphatic carbocycles. The van der Waals surface area contributed by atoms with Gasteiger partial charge in [0, 0.05) is 15.7 Å². The second kappa shape index (κ2) is 4.18. The number of nitrogens with zero attached hydrogens (tertiary/aromatic N) is 1. The molecule has 0 bridgehead atoms. The Balaban J connectivity index is 2.72. The molecule has 0 unspecified atom stereocenters. The summed E-state index contributed by atoms with van der Waals surface area (Å²) in [7, 11) is 0. The van der Waals surface area contributed by atoms with E-state index in [-0.39, 0.29) is 16.0 Å². The maximum atomic E-state index is 11.6. The highest BCUT2D eigenvalue weighted by molar-refractivity contribution is 9.10. The lowest BCUT2D eigenvalue weighted by atomic mass is 10.1. The maximum absolute atomic E-state index is 11.6. The minimum atomic E-state index is -0.352. The Kier molecular flexibility index (Phi) is 2.88. The standard InChI is InChI=1S/C9H7BrN4OS/c10-6-2-1-4(11)3-5(6)7-8(15)12-9(16)14-13-7/h1-3H,11H2,(H2,12,14,15,16). The van der Waals surface area contributed by atoms with Gasteiger partial charge >= 0.3 is 0 Å². The molecule has 0 atom stereocenters. The van der Waals surface area contributed by atoms with E-state index in [4.69, 9.17) is 18.0 Å². The summed E-state index contributed by atoms with van der Waals surface area (Å²) in [6.45, 7) is 0. The third-order valence-electron chi connectivity index (χ3n) is 1.96. The fourth-order valence-electron chi connectivity index (χ4n) is 1.25. The van der Waals surface area contributed by atoms with E-state index in [1.807, 2.05) is 0 Å². The number of aromatic amines is 2. The van der Waals surface area contributed by atoms with Gasteiger partial charge in [-0.25, -0.2) is 0 Å². The van der Waals surface area contributed by atoms with Crippen LogP contribution in [0.5, 0.6) is 0 Å². The first-order chi connectivity index (χ1) is 7.58. The van der Waals surface area contributed by atoms with E-state index in [1.165, 1.54) is 0 Å². The van der Waals surface area contributed by atoms with Crippen LogP contribution in [0, 0.1) is 4.77 Å². The Labute approximate surface area is 104 Å². The minimum Gasteiger partial charge on any atom is -0.399 e. The highest BCUT2D eigenvalue weighted by Crippen LogP contribution is 2.26. The maximum Gasteiger partial charge on any atom is 0.278 e. The van der Waals surface area contributed by atoms with Crippen molar-refractivity contribution >= 4 is 33.8 Å². The topological polar surface area (TPSA) is 87.6 Å². The zero-order chi connectivity index (χ0) is 11.7. The largest absolute Gasteiger partial charge is 0.399 e. The van der Waals surface area contributed by atoms with Crippen LogP contribution in [0.15, 0.2) is 27.5 Å². The van der Waals surface area contributed by atoms with Crippen molar-refractivity contribution < 1.29 is 0 Å². The number of rotatable bonds is 1. The van der Waals surface area contributed by atoms with Crippen molar-refractivity contribution in [2.24, 2.45) is 0 Å². The molecular formula is C9H7BrN4OS. The van der Waals surface area contributed by atoms with Crippen LogP contribution < -0.4 is 11.3 Å². The third-order valence-corrected chi connectivity index (χ3v) is 2.84. The number of nitrogens with one attached hydrogen (secondary N) is 2. The molecule has 7 heteroatoms.